The number of aromatic amines is 1. The quantitative estimate of drug-likeness (QED) is 0.478. The molecule has 0 amide bonds. The first kappa shape index (κ1) is 10.9. The van der Waals surface area contributed by atoms with Crippen LogP contribution in [0.25, 0.3) is 11.0 Å². The monoisotopic (exact) mass is 243 g/mol. The predicted octanol–water partition coefficient (Wildman–Crippen LogP) is 1.41. The number of benzene rings is 1. The van der Waals surface area contributed by atoms with E-state index in [0.29, 0.717) is 11.6 Å². The Morgan fingerprint density at radius 2 is 2.28 bits per heavy atom. The molecule has 1 unspecified atom stereocenters. The van der Waals surface area contributed by atoms with E-state index in [1.807, 2.05) is 25.1 Å². The molecule has 92 valence electrons. The molecular formula is C12H13N5O. The van der Waals surface area contributed by atoms with Gasteiger partial charge in [-0.2, -0.15) is 5.10 Å². The number of aromatic nitrogens is 3. The molecular weight excluding hydrogens is 230 g/mol. The summed E-state index contributed by atoms with van der Waals surface area (Å²) in [6.07, 6.45) is 1.44. The standard InChI is InChI=1S/C12H13N5O/c1-7-2-3-9-8(4-7)5-10(18-9)11(16-13)12-14-6-15-17-12/h2-6,11,16H,13H2,1H3,(H,14,15,17). The average Bonchev–Trinajstić information content (AvgIpc) is 2.98. The number of H-pyrrole nitrogens is 1. The van der Waals surface area contributed by atoms with Gasteiger partial charge in [0.15, 0.2) is 5.82 Å². The number of furan rings is 1. The molecule has 0 saturated heterocycles. The zero-order chi connectivity index (χ0) is 12.5. The van der Waals surface area contributed by atoms with Crippen molar-refractivity contribution in [3.63, 3.8) is 0 Å². The largest absolute Gasteiger partial charge is 0.459 e. The summed E-state index contributed by atoms with van der Waals surface area (Å²) >= 11 is 0. The van der Waals surface area contributed by atoms with E-state index in [9.17, 15) is 0 Å². The fraction of sp³-hybridized carbons (Fsp3) is 0.167. The Bertz CT molecular complexity index is 658. The highest BCUT2D eigenvalue weighted by Crippen LogP contribution is 2.26. The van der Waals surface area contributed by atoms with Crippen LogP contribution >= 0.6 is 0 Å². The van der Waals surface area contributed by atoms with Crippen molar-refractivity contribution in [2.24, 2.45) is 5.84 Å². The summed E-state index contributed by atoms with van der Waals surface area (Å²) in [4.78, 5) is 4.08. The van der Waals surface area contributed by atoms with Crippen molar-refractivity contribution in [3.8, 4) is 0 Å². The zero-order valence-corrected chi connectivity index (χ0v) is 9.84. The molecule has 1 atom stereocenters. The van der Waals surface area contributed by atoms with Crippen molar-refractivity contribution >= 4 is 11.0 Å². The molecule has 0 fully saturated rings. The summed E-state index contributed by atoms with van der Waals surface area (Å²) in [5, 5.41) is 7.64. The van der Waals surface area contributed by atoms with Crippen LogP contribution in [-0.4, -0.2) is 15.2 Å². The van der Waals surface area contributed by atoms with E-state index in [2.05, 4.69) is 26.7 Å². The molecule has 0 saturated carbocycles. The molecule has 6 heteroatoms. The highest BCUT2D eigenvalue weighted by molar-refractivity contribution is 5.78. The molecule has 18 heavy (non-hydrogen) atoms. The number of rotatable bonds is 3. The summed E-state index contributed by atoms with van der Waals surface area (Å²) < 4.78 is 5.77. The van der Waals surface area contributed by atoms with E-state index in [1.54, 1.807) is 0 Å². The van der Waals surface area contributed by atoms with E-state index in [0.717, 1.165) is 11.0 Å². The van der Waals surface area contributed by atoms with Crippen molar-refractivity contribution in [1.82, 2.24) is 20.6 Å². The van der Waals surface area contributed by atoms with E-state index < -0.39 is 0 Å². The summed E-state index contributed by atoms with van der Waals surface area (Å²) in [5.41, 5.74) is 4.68. The number of hydrogen-bond acceptors (Lipinski definition) is 5. The maximum Gasteiger partial charge on any atom is 0.150 e. The fourth-order valence-corrected chi connectivity index (χ4v) is 1.98. The number of aryl methyl sites for hydroxylation is 1. The number of nitrogens with one attached hydrogen (secondary N) is 2. The second kappa shape index (κ2) is 4.25. The lowest BCUT2D eigenvalue weighted by molar-refractivity contribution is 0.465. The molecule has 0 aliphatic rings. The molecule has 0 aliphatic carbocycles. The van der Waals surface area contributed by atoms with Crippen LogP contribution in [0.2, 0.25) is 0 Å². The van der Waals surface area contributed by atoms with Crippen molar-refractivity contribution in [3.05, 3.63) is 47.7 Å². The molecule has 2 aromatic heterocycles. The molecule has 1 aromatic carbocycles. The lowest BCUT2D eigenvalue weighted by Gasteiger charge is -2.08. The first-order valence-corrected chi connectivity index (χ1v) is 5.59. The number of hydrazine groups is 1. The van der Waals surface area contributed by atoms with Gasteiger partial charge in [-0.25, -0.2) is 10.4 Å². The Morgan fingerprint density at radius 1 is 1.39 bits per heavy atom. The van der Waals surface area contributed by atoms with Gasteiger partial charge < -0.3 is 4.42 Å². The minimum absolute atomic E-state index is 0.333. The summed E-state index contributed by atoms with van der Waals surface area (Å²) in [5.74, 6) is 6.87. The molecule has 3 aromatic rings. The van der Waals surface area contributed by atoms with Crippen LogP contribution < -0.4 is 11.3 Å². The highest BCUT2D eigenvalue weighted by Gasteiger charge is 2.19. The van der Waals surface area contributed by atoms with Gasteiger partial charge in [0.1, 0.15) is 23.7 Å². The Kier molecular flexibility index (Phi) is 2.58. The van der Waals surface area contributed by atoms with E-state index >= 15 is 0 Å². The molecule has 6 nitrogen and oxygen atoms in total. The minimum Gasteiger partial charge on any atom is -0.459 e. The first-order valence-electron chi connectivity index (χ1n) is 5.59. The van der Waals surface area contributed by atoms with E-state index in [-0.39, 0.29) is 6.04 Å². The first-order chi connectivity index (χ1) is 8.78. The van der Waals surface area contributed by atoms with Gasteiger partial charge in [-0.1, -0.05) is 11.6 Å². The van der Waals surface area contributed by atoms with E-state index in [4.69, 9.17) is 10.3 Å². The SMILES string of the molecule is Cc1ccc2oc(C(NN)c3ncn[nH]3)cc2c1. The Balaban J connectivity index is 2.07. The summed E-state index contributed by atoms with van der Waals surface area (Å²) in [6.45, 7) is 2.04. The summed E-state index contributed by atoms with van der Waals surface area (Å²) in [7, 11) is 0. The van der Waals surface area contributed by atoms with Gasteiger partial charge in [0.2, 0.25) is 0 Å². The zero-order valence-electron chi connectivity index (χ0n) is 9.84. The lowest BCUT2D eigenvalue weighted by Crippen LogP contribution is -2.29. The lowest BCUT2D eigenvalue weighted by atomic mass is 10.1. The third-order valence-corrected chi connectivity index (χ3v) is 2.85. The van der Waals surface area contributed by atoms with Gasteiger partial charge in [-0.05, 0) is 25.1 Å². The average molecular weight is 243 g/mol. The number of nitrogens with two attached hydrogens (primary N) is 1. The second-order valence-electron chi connectivity index (χ2n) is 4.16. The molecule has 0 bridgehead atoms. The normalized spacial score (nSPS) is 13.0. The van der Waals surface area contributed by atoms with Crippen LogP contribution in [0.4, 0.5) is 0 Å². The second-order valence-corrected chi connectivity index (χ2v) is 4.16. The van der Waals surface area contributed by atoms with Crippen LogP contribution in [0.5, 0.6) is 0 Å². The fourth-order valence-electron chi connectivity index (χ4n) is 1.98. The molecule has 0 aliphatic heterocycles. The van der Waals surface area contributed by atoms with Crippen LogP contribution in [-0.2, 0) is 0 Å². The van der Waals surface area contributed by atoms with Gasteiger partial charge >= 0.3 is 0 Å². The van der Waals surface area contributed by atoms with Crippen molar-refractivity contribution in [1.29, 1.82) is 0 Å². The van der Waals surface area contributed by atoms with Crippen molar-refractivity contribution < 1.29 is 4.42 Å². The van der Waals surface area contributed by atoms with Crippen molar-refractivity contribution in [2.45, 2.75) is 13.0 Å². The maximum atomic E-state index is 5.77. The Morgan fingerprint density at radius 3 is 3.00 bits per heavy atom. The summed E-state index contributed by atoms with van der Waals surface area (Å²) in [6, 6.07) is 7.64. The predicted molar refractivity (Wildman–Crippen MR) is 66.5 cm³/mol. The van der Waals surface area contributed by atoms with Crippen LogP contribution in [0.3, 0.4) is 0 Å². The van der Waals surface area contributed by atoms with E-state index in [1.165, 1.54) is 11.9 Å². The highest BCUT2D eigenvalue weighted by atomic mass is 16.3. The Labute approximate surface area is 103 Å². The molecule has 2 heterocycles. The van der Waals surface area contributed by atoms with Crippen LogP contribution in [0, 0.1) is 6.92 Å². The number of hydrogen-bond donors (Lipinski definition) is 3. The van der Waals surface area contributed by atoms with Crippen LogP contribution in [0.1, 0.15) is 23.2 Å². The Hall–Kier alpha value is -2.18. The molecule has 3 rings (SSSR count). The van der Waals surface area contributed by atoms with Gasteiger partial charge in [-0.15, -0.1) is 0 Å². The third-order valence-electron chi connectivity index (χ3n) is 2.85. The van der Waals surface area contributed by atoms with Crippen molar-refractivity contribution in [2.75, 3.05) is 0 Å². The number of fused-ring (bicyclic) bond motifs is 1. The smallest absolute Gasteiger partial charge is 0.150 e. The molecule has 0 spiro atoms. The molecule has 4 N–H and O–H groups in total. The van der Waals surface area contributed by atoms with Gasteiger partial charge in [0.25, 0.3) is 0 Å². The topological polar surface area (TPSA) is 92.8 Å². The third kappa shape index (κ3) is 1.77. The minimum atomic E-state index is -0.333. The molecule has 0 radical (unpaired) electrons. The van der Waals surface area contributed by atoms with Gasteiger partial charge in [0, 0.05) is 5.39 Å². The number of nitrogens with zero attached hydrogens (tertiary/aromatic N) is 2. The van der Waals surface area contributed by atoms with Gasteiger partial charge in [0.05, 0.1) is 0 Å². The van der Waals surface area contributed by atoms with Crippen LogP contribution in [0.15, 0.2) is 35.0 Å². The van der Waals surface area contributed by atoms with Gasteiger partial charge in [-0.3, -0.25) is 10.9 Å². The maximum absolute atomic E-state index is 5.77.